The highest BCUT2D eigenvalue weighted by molar-refractivity contribution is 9.10. The third kappa shape index (κ3) is 3.85. The van der Waals surface area contributed by atoms with Gasteiger partial charge in [0.15, 0.2) is 0 Å². The lowest BCUT2D eigenvalue weighted by molar-refractivity contribution is 0.533. The molecule has 2 rings (SSSR count). The Hall–Kier alpha value is -0.280. The SMILES string of the molecule is Cl.O=S(=O)(NC1CCNC1)c1cc(F)c(Br)cc1F. The smallest absolute Gasteiger partial charge is 0.243 e. The van der Waals surface area contributed by atoms with Crippen LogP contribution in [0.5, 0.6) is 0 Å². The van der Waals surface area contributed by atoms with Crippen LogP contribution in [0.2, 0.25) is 0 Å². The molecule has 0 radical (unpaired) electrons. The number of hydrogen-bond donors (Lipinski definition) is 2. The molecule has 9 heteroatoms. The molecular formula is C10H12BrClF2N2O2S. The van der Waals surface area contributed by atoms with Crippen LogP contribution in [0.4, 0.5) is 8.78 Å². The average Bonchev–Trinajstić information content (AvgIpc) is 2.75. The number of sulfonamides is 1. The molecule has 1 heterocycles. The predicted molar refractivity (Wildman–Crippen MR) is 72.9 cm³/mol. The average molecular weight is 378 g/mol. The molecule has 0 amide bonds. The summed E-state index contributed by atoms with van der Waals surface area (Å²) in [6, 6.07) is 1.18. The first-order chi connectivity index (χ1) is 8.40. The standard InChI is InChI=1S/C10H11BrF2N2O2S.ClH/c11-7-3-9(13)10(4-8(7)12)18(16,17)15-6-1-2-14-5-6;/h3-4,6,14-15H,1-2,5H2;1H. The van der Waals surface area contributed by atoms with E-state index in [1.165, 1.54) is 0 Å². The van der Waals surface area contributed by atoms with Crippen molar-refractivity contribution in [2.24, 2.45) is 0 Å². The van der Waals surface area contributed by atoms with E-state index in [4.69, 9.17) is 0 Å². The maximum absolute atomic E-state index is 13.6. The molecule has 4 nitrogen and oxygen atoms in total. The topological polar surface area (TPSA) is 58.2 Å². The molecule has 0 saturated carbocycles. The maximum atomic E-state index is 13.6. The van der Waals surface area contributed by atoms with E-state index in [1.807, 2.05) is 0 Å². The van der Waals surface area contributed by atoms with E-state index in [0.717, 1.165) is 6.07 Å². The number of nitrogens with one attached hydrogen (secondary N) is 2. The molecule has 1 aliphatic heterocycles. The lowest BCUT2D eigenvalue weighted by Gasteiger charge is -2.12. The first-order valence-corrected chi connectivity index (χ1v) is 7.55. The minimum absolute atomic E-state index is 0. The van der Waals surface area contributed by atoms with Crippen LogP contribution in [0, 0.1) is 11.6 Å². The summed E-state index contributed by atoms with van der Waals surface area (Å²) in [6.45, 7) is 1.18. The summed E-state index contributed by atoms with van der Waals surface area (Å²) in [4.78, 5) is -0.671. The van der Waals surface area contributed by atoms with Crippen LogP contribution in [0.25, 0.3) is 0 Å². The van der Waals surface area contributed by atoms with Crippen molar-refractivity contribution in [3.05, 3.63) is 28.2 Å². The summed E-state index contributed by atoms with van der Waals surface area (Å²) < 4.78 is 52.9. The van der Waals surface area contributed by atoms with E-state index >= 15 is 0 Å². The summed E-state index contributed by atoms with van der Waals surface area (Å²) in [5, 5.41) is 2.98. The molecule has 2 N–H and O–H groups in total. The van der Waals surface area contributed by atoms with Gasteiger partial charge < -0.3 is 5.32 Å². The molecule has 1 saturated heterocycles. The third-order valence-corrected chi connectivity index (χ3v) is 4.79. The summed E-state index contributed by atoms with van der Waals surface area (Å²) >= 11 is 2.79. The zero-order valence-corrected chi connectivity index (χ0v) is 12.8. The predicted octanol–water partition coefficient (Wildman–Crippen LogP) is 1.79. The van der Waals surface area contributed by atoms with Crippen molar-refractivity contribution >= 4 is 38.4 Å². The van der Waals surface area contributed by atoms with Crippen LogP contribution < -0.4 is 10.0 Å². The second kappa shape index (κ2) is 6.45. The summed E-state index contributed by atoms with van der Waals surface area (Å²) in [5.74, 6) is -1.80. The van der Waals surface area contributed by atoms with Gasteiger partial charge in [-0.05, 0) is 41.0 Å². The number of benzene rings is 1. The molecule has 108 valence electrons. The molecule has 0 aliphatic carbocycles. The Morgan fingerprint density at radius 1 is 1.32 bits per heavy atom. The first kappa shape index (κ1) is 16.8. The van der Waals surface area contributed by atoms with Crippen LogP contribution in [-0.4, -0.2) is 27.5 Å². The Morgan fingerprint density at radius 2 is 2.00 bits per heavy atom. The lowest BCUT2D eigenvalue weighted by Crippen LogP contribution is -2.36. The second-order valence-electron chi connectivity index (χ2n) is 4.01. The fourth-order valence-electron chi connectivity index (χ4n) is 1.75. The van der Waals surface area contributed by atoms with Crippen molar-refractivity contribution in [1.29, 1.82) is 0 Å². The molecule has 1 unspecified atom stereocenters. The Kier molecular flexibility index (Phi) is 5.69. The van der Waals surface area contributed by atoms with Crippen molar-refractivity contribution in [3.63, 3.8) is 0 Å². The summed E-state index contributed by atoms with van der Waals surface area (Å²) in [7, 11) is -4.04. The number of rotatable bonds is 3. The van der Waals surface area contributed by atoms with Gasteiger partial charge in [0.25, 0.3) is 0 Å². The fraction of sp³-hybridized carbons (Fsp3) is 0.400. The highest BCUT2D eigenvalue weighted by Crippen LogP contribution is 2.23. The third-order valence-electron chi connectivity index (χ3n) is 2.65. The normalized spacial score (nSPS) is 19.2. The van der Waals surface area contributed by atoms with Gasteiger partial charge in [0.05, 0.1) is 4.47 Å². The fourth-order valence-corrected chi connectivity index (χ4v) is 3.41. The van der Waals surface area contributed by atoms with Crippen LogP contribution in [0.1, 0.15) is 6.42 Å². The monoisotopic (exact) mass is 376 g/mol. The largest absolute Gasteiger partial charge is 0.315 e. The summed E-state index contributed by atoms with van der Waals surface area (Å²) in [5.41, 5.74) is 0. The highest BCUT2D eigenvalue weighted by atomic mass is 79.9. The lowest BCUT2D eigenvalue weighted by atomic mass is 10.3. The van der Waals surface area contributed by atoms with E-state index < -0.39 is 26.6 Å². The Bertz CT molecular complexity index is 565. The molecule has 1 fully saturated rings. The van der Waals surface area contributed by atoms with Crippen molar-refractivity contribution in [2.45, 2.75) is 17.4 Å². The zero-order chi connectivity index (χ0) is 13.3. The first-order valence-electron chi connectivity index (χ1n) is 5.28. The van der Waals surface area contributed by atoms with Gasteiger partial charge in [-0.25, -0.2) is 21.9 Å². The number of hydrogen-bond acceptors (Lipinski definition) is 3. The van der Waals surface area contributed by atoms with Crippen LogP contribution in [-0.2, 0) is 10.0 Å². The second-order valence-corrected chi connectivity index (χ2v) is 6.54. The van der Waals surface area contributed by atoms with Crippen molar-refractivity contribution in [3.8, 4) is 0 Å². The molecule has 1 aromatic carbocycles. The van der Waals surface area contributed by atoms with Crippen molar-refractivity contribution in [2.75, 3.05) is 13.1 Å². The van der Waals surface area contributed by atoms with E-state index in [9.17, 15) is 17.2 Å². The van der Waals surface area contributed by atoms with Gasteiger partial charge in [-0.1, -0.05) is 0 Å². The minimum atomic E-state index is -4.04. The highest BCUT2D eigenvalue weighted by Gasteiger charge is 2.26. The number of halogens is 4. The van der Waals surface area contributed by atoms with Crippen molar-refractivity contribution in [1.82, 2.24) is 10.0 Å². The molecule has 19 heavy (non-hydrogen) atoms. The van der Waals surface area contributed by atoms with E-state index in [-0.39, 0.29) is 22.9 Å². The molecule has 1 atom stereocenters. The molecule has 0 bridgehead atoms. The van der Waals surface area contributed by atoms with E-state index in [2.05, 4.69) is 26.0 Å². The molecule has 1 aliphatic rings. The van der Waals surface area contributed by atoms with E-state index in [1.54, 1.807) is 0 Å². The molecule has 0 aromatic heterocycles. The molecular weight excluding hydrogens is 366 g/mol. The maximum Gasteiger partial charge on any atom is 0.243 e. The van der Waals surface area contributed by atoms with Gasteiger partial charge in [0.2, 0.25) is 10.0 Å². The van der Waals surface area contributed by atoms with Gasteiger partial charge >= 0.3 is 0 Å². The quantitative estimate of drug-likeness (QED) is 0.790. The Balaban J connectivity index is 0.00000180. The van der Waals surface area contributed by atoms with Crippen LogP contribution in [0.15, 0.2) is 21.5 Å². The van der Waals surface area contributed by atoms with Gasteiger partial charge in [0.1, 0.15) is 16.5 Å². The Morgan fingerprint density at radius 3 is 2.58 bits per heavy atom. The van der Waals surface area contributed by atoms with Crippen LogP contribution >= 0.6 is 28.3 Å². The minimum Gasteiger partial charge on any atom is -0.315 e. The van der Waals surface area contributed by atoms with Crippen LogP contribution in [0.3, 0.4) is 0 Å². The molecule has 0 spiro atoms. The van der Waals surface area contributed by atoms with Crippen molar-refractivity contribution < 1.29 is 17.2 Å². The van der Waals surface area contributed by atoms with Gasteiger partial charge in [-0.3, -0.25) is 0 Å². The Labute approximate surface area is 124 Å². The van der Waals surface area contributed by atoms with Gasteiger partial charge in [-0.2, -0.15) is 0 Å². The molecule has 1 aromatic rings. The van der Waals surface area contributed by atoms with E-state index in [0.29, 0.717) is 25.6 Å². The summed E-state index contributed by atoms with van der Waals surface area (Å²) in [6.07, 6.45) is 0.625. The van der Waals surface area contributed by atoms with Gasteiger partial charge in [0, 0.05) is 12.6 Å². The zero-order valence-electron chi connectivity index (χ0n) is 9.62. The van der Waals surface area contributed by atoms with Gasteiger partial charge in [-0.15, -0.1) is 12.4 Å².